The van der Waals surface area contributed by atoms with E-state index in [0.717, 1.165) is 0 Å². The summed E-state index contributed by atoms with van der Waals surface area (Å²) in [6.07, 6.45) is 0. The van der Waals surface area contributed by atoms with E-state index in [2.05, 4.69) is 10.3 Å². The number of halogens is 1. The molecule has 5 heteroatoms. The Morgan fingerprint density at radius 3 is 2.82 bits per heavy atom. The van der Waals surface area contributed by atoms with Crippen LogP contribution in [0.5, 0.6) is 0 Å². The Bertz CT molecular complexity index is 589. The minimum atomic E-state index is -0.342. The second-order valence-corrected chi connectivity index (χ2v) is 3.38. The maximum Gasteiger partial charge on any atom is 0.165 e. The Labute approximate surface area is 97.5 Å². The monoisotopic (exact) mass is 228 g/mol. The highest BCUT2D eigenvalue weighted by Gasteiger charge is 2.02. The number of hydrogen-bond donors (Lipinski definition) is 2. The molecule has 0 bridgehead atoms. The van der Waals surface area contributed by atoms with Crippen molar-refractivity contribution in [2.75, 3.05) is 11.1 Å². The van der Waals surface area contributed by atoms with Crippen LogP contribution in [0.15, 0.2) is 36.4 Å². The summed E-state index contributed by atoms with van der Waals surface area (Å²) < 4.78 is 12.9. The second kappa shape index (κ2) is 4.49. The van der Waals surface area contributed by atoms with E-state index in [1.54, 1.807) is 24.3 Å². The summed E-state index contributed by atoms with van der Waals surface area (Å²) in [4.78, 5) is 4.00. The third-order valence-corrected chi connectivity index (χ3v) is 2.13. The molecule has 84 valence electrons. The van der Waals surface area contributed by atoms with Crippen LogP contribution in [-0.2, 0) is 0 Å². The maximum absolute atomic E-state index is 12.9. The molecule has 0 aliphatic carbocycles. The molecule has 1 aromatic heterocycles. The van der Waals surface area contributed by atoms with Crippen molar-refractivity contribution in [2.45, 2.75) is 0 Å². The molecular formula is C12H9FN4. The van der Waals surface area contributed by atoms with Gasteiger partial charge in [-0.3, -0.25) is 0 Å². The van der Waals surface area contributed by atoms with Gasteiger partial charge in [0.15, 0.2) is 5.69 Å². The third kappa shape index (κ3) is 2.49. The molecule has 3 N–H and O–H groups in total. The van der Waals surface area contributed by atoms with E-state index in [1.807, 2.05) is 6.07 Å². The van der Waals surface area contributed by atoms with E-state index in [9.17, 15) is 4.39 Å². The van der Waals surface area contributed by atoms with E-state index < -0.39 is 0 Å². The van der Waals surface area contributed by atoms with Crippen LogP contribution in [0.2, 0.25) is 0 Å². The summed E-state index contributed by atoms with van der Waals surface area (Å²) in [5, 5.41) is 11.7. The van der Waals surface area contributed by atoms with Crippen LogP contribution in [0.3, 0.4) is 0 Å². The van der Waals surface area contributed by atoms with Crippen LogP contribution >= 0.6 is 0 Å². The van der Waals surface area contributed by atoms with E-state index >= 15 is 0 Å². The maximum atomic E-state index is 12.9. The largest absolute Gasteiger partial charge is 0.396 e. The molecular weight excluding hydrogens is 219 g/mol. The molecule has 17 heavy (non-hydrogen) atoms. The lowest BCUT2D eigenvalue weighted by Crippen LogP contribution is -1.99. The van der Waals surface area contributed by atoms with Crippen LogP contribution in [0.4, 0.5) is 21.6 Å². The Hall–Kier alpha value is -2.61. The second-order valence-electron chi connectivity index (χ2n) is 3.38. The van der Waals surface area contributed by atoms with Crippen molar-refractivity contribution in [2.24, 2.45) is 0 Å². The molecule has 1 aromatic carbocycles. The van der Waals surface area contributed by atoms with Crippen molar-refractivity contribution in [1.82, 2.24) is 4.98 Å². The number of hydrogen-bond acceptors (Lipinski definition) is 4. The summed E-state index contributed by atoms with van der Waals surface area (Å²) in [5.41, 5.74) is 6.57. The highest BCUT2D eigenvalue weighted by atomic mass is 19.1. The van der Waals surface area contributed by atoms with Crippen LogP contribution in [0, 0.1) is 17.1 Å². The van der Waals surface area contributed by atoms with Gasteiger partial charge in [0, 0.05) is 5.69 Å². The van der Waals surface area contributed by atoms with Gasteiger partial charge in [-0.15, -0.1) is 0 Å². The molecule has 0 fully saturated rings. The Morgan fingerprint density at radius 1 is 1.29 bits per heavy atom. The smallest absolute Gasteiger partial charge is 0.165 e. The minimum Gasteiger partial charge on any atom is -0.396 e. The van der Waals surface area contributed by atoms with Crippen molar-refractivity contribution >= 4 is 17.2 Å². The summed E-state index contributed by atoms with van der Waals surface area (Å²) in [6.45, 7) is 0. The first kappa shape index (κ1) is 10.9. The number of nitrogens with zero attached hydrogens (tertiary/aromatic N) is 2. The number of nitrogens with two attached hydrogens (primary N) is 1. The molecule has 0 amide bonds. The third-order valence-electron chi connectivity index (χ3n) is 2.13. The highest BCUT2D eigenvalue weighted by Crippen LogP contribution is 2.18. The fourth-order valence-electron chi connectivity index (χ4n) is 1.34. The molecule has 0 radical (unpaired) electrons. The number of rotatable bonds is 2. The van der Waals surface area contributed by atoms with Gasteiger partial charge in [0.2, 0.25) is 0 Å². The molecule has 0 saturated heterocycles. The van der Waals surface area contributed by atoms with Crippen molar-refractivity contribution in [3.8, 4) is 6.07 Å². The van der Waals surface area contributed by atoms with Crippen molar-refractivity contribution in [3.05, 3.63) is 47.9 Å². The number of anilines is 3. The molecule has 0 saturated carbocycles. The van der Waals surface area contributed by atoms with Gasteiger partial charge in [-0.05, 0) is 30.3 Å². The fraction of sp³-hybridized carbons (Fsp3) is 0. The molecule has 1 heterocycles. The van der Waals surface area contributed by atoms with Gasteiger partial charge in [0.1, 0.15) is 17.7 Å². The van der Waals surface area contributed by atoms with E-state index in [1.165, 1.54) is 12.1 Å². The van der Waals surface area contributed by atoms with Gasteiger partial charge < -0.3 is 11.1 Å². The molecule has 2 rings (SSSR count). The summed E-state index contributed by atoms with van der Waals surface area (Å²) in [7, 11) is 0. The Kier molecular flexibility index (Phi) is 2.88. The van der Waals surface area contributed by atoms with Crippen LogP contribution in [-0.4, -0.2) is 4.98 Å². The van der Waals surface area contributed by atoms with Gasteiger partial charge >= 0.3 is 0 Å². The van der Waals surface area contributed by atoms with E-state index in [4.69, 9.17) is 11.0 Å². The average Bonchev–Trinajstić information content (AvgIpc) is 2.32. The van der Waals surface area contributed by atoms with Gasteiger partial charge in [-0.1, -0.05) is 6.07 Å². The zero-order valence-electron chi connectivity index (χ0n) is 8.81. The quantitative estimate of drug-likeness (QED) is 0.827. The van der Waals surface area contributed by atoms with Crippen molar-refractivity contribution in [1.29, 1.82) is 5.26 Å². The van der Waals surface area contributed by atoms with Gasteiger partial charge in [0.05, 0.1) is 5.69 Å². The van der Waals surface area contributed by atoms with Crippen LogP contribution in [0.1, 0.15) is 5.69 Å². The number of nitriles is 1. The predicted molar refractivity (Wildman–Crippen MR) is 63.0 cm³/mol. The van der Waals surface area contributed by atoms with Gasteiger partial charge in [0.25, 0.3) is 0 Å². The number of benzene rings is 1. The molecule has 2 aromatic rings. The summed E-state index contributed by atoms with van der Waals surface area (Å²) in [5.74, 6) is 0.104. The van der Waals surface area contributed by atoms with Crippen LogP contribution in [0.25, 0.3) is 0 Å². The van der Waals surface area contributed by atoms with E-state index in [0.29, 0.717) is 17.2 Å². The number of nitrogens with one attached hydrogen (secondary N) is 1. The highest BCUT2D eigenvalue weighted by molar-refractivity contribution is 5.60. The molecule has 0 spiro atoms. The lowest BCUT2D eigenvalue weighted by Gasteiger charge is -2.06. The predicted octanol–water partition coefficient (Wildman–Crippen LogP) is 2.42. The zero-order chi connectivity index (χ0) is 12.3. The molecule has 0 unspecified atom stereocenters. The van der Waals surface area contributed by atoms with E-state index in [-0.39, 0.29) is 11.5 Å². The molecule has 0 aliphatic heterocycles. The number of nitrogen functional groups attached to an aromatic ring is 1. The summed E-state index contributed by atoms with van der Waals surface area (Å²) >= 11 is 0. The lowest BCUT2D eigenvalue weighted by atomic mass is 10.3. The van der Waals surface area contributed by atoms with Crippen molar-refractivity contribution < 1.29 is 4.39 Å². The van der Waals surface area contributed by atoms with Gasteiger partial charge in [-0.2, -0.15) is 5.26 Å². The first-order valence-corrected chi connectivity index (χ1v) is 4.88. The number of pyridine rings is 1. The first-order valence-electron chi connectivity index (χ1n) is 4.88. The Balaban J connectivity index is 2.28. The first-order chi connectivity index (χ1) is 8.19. The van der Waals surface area contributed by atoms with Crippen LogP contribution < -0.4 is 11.1 Å². The molecule has 4 nitrogen and oxygen atoms in total. The lowest BCUT2D eigenvalue weighted by molar-refractivity contribution is 0.628. The molecule has 0 atom stereocenters. The SMILES string of the molecule is N#Cc1nc(Nc2cccc(F)c2)ccc1N. The summed E-state index contributed by atoms with van der Waals surface area (Å²) in [6, 6.07) is 11.1. The molecule has 0 aliphatic rings. The zero-order valence-corrected chi connectivity index (χ0v) is 8.81. The number of aromatic nitrogens is 1. The van der Waals surface area contributed by atoms with Gasteiger partial charge in [-0.25, -0.2) is 9.37 Å². The topological polar surface area (TPSA) is 74.7 Å². The minimum absolute atomic E-state index is 0.145. The standard InChI is InChI=1S/C12H9FN4/c13-8-2-1-3-9(6-8)16-12-5-4-10(15)11(7-14)17-12/h1-6H,15H2,(H,16,17). The Morgan fingerprint density at radius 2 is 2.12 bits per heavy atom. The average molecular weight is 228 g/mol. The normalized spacial score (nSPS) is 9.65. The fourth-order valence-corrected chi connectivity index (χ4v) is 1.34. The van der Waals surface area contributed by atoms with Crippen molar-refractivity contribution in [3.63, 3.8) is 0 Å².